The van der Waals surface area contributed by atoms with Gasteiger partial charge in [-0.15, -0.1) is 5.06 Å². The van der Waals surface area contributed by atoms with Gasteiger partial charge in [-0.3, -0.25) is 0 Å². The fourth-order valence-electron chi connectivity index (χ4n) is 1.58. The predicted octanol–water partition coefficient (Wildman–Crippen LogP) is 3.46. The molecule has 0 bridgehead atoms. The normalized spacial score (nSPS) is 10.3. The zero-order valence-corrected chi connectivity index (χ0v) is 11.7. The number of carbonyl (C=O) groups excluding carboxylic acids is 1. The summed E-state index contributed by atoms with van der Waals surface area (Å²) in [5, 5.41) is 1.26. The van der Waals surface area contributed by atoms with E-state index in [1.807, 2.05) is 45.9 Å². The van der Waals surface area contributed by atoms with Crippen LogP contribution >= 0.6 is 0 Å². The van der Waals surface area contributed by atoms with E-state index in [4.69, 9.17) is 9.57 Å². The Morgan fingerprint density at radius 3 is 2.28 bits per heavy atom. The summed E-state index contributed by atoms with van der Waals surface area (Å²) in [5.41, 5.74) is 1.98. The molecule has 0 heterocycles. The van der Waals surface area contributed by atoms with Gasteiger partial charge in [-0.25, -0.2) is 4.79 Å². The molecular weight excluding hydrogens is 230 g/mol. The number of ether oxygens (including phenoxy) is 1. The van der Waals surface area contributed by atoms with Gasteiger partial charge in [0.25, 0.3) is 0 Å². The van der Waals surface area contributed by atoms with Crippen LogP contribution in [-0.2, 0) is 4.74 Å². The molecule has 1 aromatic rings. The minimum absolute atomic E-state index is 0.0944. The van der Waals surface area contributed by atoms with Gasteiger partial charge >= 0.3 is 6.09 Å². The van der Waals surface area contributed by atoms with Crippen LogP contribution < -0.4 is 4.84 Å². The van der Waals surface area contributed by atoms with Crippen molar-refractivity contribution < 1.29 is 14.4 Å². The minimum atomic E-state index is -0.463. The van der Waals surface area contributed by atoms with Crippen LogP contribution in [0, 0.1) is 13.8 Å². The summed E-state index contributed by atoms with van der Waals surface area (Å²) in [6, 6.07) is 5.77. The van der Waals surface area contributed by atoms with Gasteiger partial charge < -0.3 is 9.57 Å². The lowest BCUT2D eigenvalue weighted by atomic mass is 10.1. The van der Waals surface area contributed by atoms with Gasteiger partial charge in [0.2, 0.25) is 0 Å². The van der Waals surface area contributed by atoms with Crippen LogP contribution in [0.1, 0.15) is 31.9 Å². The second-order valence-corrected chi connectivity index (χ2v) is 4.43. The lowest BCUT2D eigenvalue weighted by molar-refractivity contribution is -0.0692. The Morgan fingerprint density at radius 2 is 1.83 bits per heavy atom. The van der Waals surface area contributed by atoms with Gasteiger partial charge in [-0.2, -0.15) is 0 Å². The molecule has 4 heteroatoms. The van der Waals surface area contributed by atoms with E-state index >= 15 is 0 Å². The number of rotatable bonds is 4. The largest absolute Gasteiger partial charge is 0.448 e. The quantitative estimate of drug-likeness (QED) is 0.769. The Labute approximate surface area is 108 Å². The summed E-state index contributed by atoms with van der Waals surface area (Å²) in [4.78, 5) is 17.5. The maximum atomic E-state index is 11.8. The van der Waals surface area contributed by atoms with Crippen molar-refractivity contribution >= 4 is 6.09 Å². The maximum absolute atomic E-state index is 11.8. The number of aryl methyl sites for hydroxylation is 2. The number of hydrogen-bond donors (Lipinski definition) is 0. The van der Waals surface area contributed by atoms with Gasteiger partial charge in [0.15, 0.2) is 5.75 Å². The molecule has 0 spiro atoms. The number of nitrogens with zero attached hydrogens (tertiary/aromatic N) is 1. The monoisotopic (exact) mass is 251 g/mol. The number of hydrogen-bond acceptors (Lipinski definition) is 3. The third-order valence-electron chi connectivity index (χ3n) is 2.52. The van der Waals surface area contributed by atoms with E-state index in [0.29, 0.717) is 12.4 Å². The summed E-state index contributed by atoms with van der Waals surface area (Å²) in [5.74, 6) is 0.708. The highest BCUT2D eigenvalue weighted by molar-refractivity contribution is 5.67. The van der Waals surface area contributed by atoms with Gasteiger partial charge in [0.1, 0.15) is 0 Å². The Balaban J connectivity index is 2.93. The maximum Gasteiger partial charge on any atom is 0.443 e. The first-order valence-corrected chi connectivity index (χ1v) is 6.17. The van der Waals surface area contributed by atoms with Crippen LogP contribution in [0.2, 0.25) is 0 Å². The van der Waals surface area contributed by atoms with Crippen LogP contribution in [0.15, 0.2) is 18.2 Å². The Hall–Kier alpha value is -1.71. The molecule has 0 aromatic heterocycles. The molecule has 1 aromatic carbocycles. The number of hydroxylamine groups is 2. The highest BCUT2D eigenvalue weighted by atomic mass is 16.7. The molecular formula is C14H21NO3. The van der Waals surface area contributed by atoms with Gasteiger partial charge in [0, 0.05) is 0 Å². The molecule has 18 heavy (non-hydrogen) atoms. The number of carbonyl (C=O) groups is 1. The summed E-state index contributed by atoms with van der Waals surface area (Å²) < 4.78 is 4.98. The average molecular weight is 251 g/mol. The smallest absolute Gasteiger partial charge is 0.443 e. The second-order valence-electron chi connectivity index (χ2n) is 4.43. The fourth-order valence-corrected chi connectivity index (χ4v) is 1.58. The summed E-state index contributed by atoms with van der Waals surface area (Å²) in [6.07, 6.45) is -0.463. The molecule has 0 N–H and O–H groups in total. The van der Waals surface area contributed by atoms with Gasteiger partial charge in [-0.05, 0) is 45.7 Å². The molecule has 0 atom stereocenters. The lowest BCUT2D eigenvalue weighted by Crippen LogP contribution is -2.40. The Kier molecular flexibility index (Phi) is 5.01. The Bertz CT molecular complexity index is 395. The lowest BCUT2D eigenvalue weighted by Gasteiger charge is -2.26. The first-order chi connectivity index (χ1) is 8.47. The molecule has 1 rings (SSSR count). The van der Waals surface area contributed by atoms with E-state index in [2.05, 4.69) is 0 Å². The van der Waals surface area contributed by atoms with Gasteiger partial charge in [-0.1, -0.05) is 18.2 Å². The molecule has 100 valence electrons. The van der Waals surface area contributed by atoms with Crippen molar-refractivity contribution in [3.63, 3.8) is 0 Å². The zero-order chi connectivity index (χ0) is 13.7. The van der Waals surface area contributed by atoms with Crippen molar-refractivity contribution in [2.75, 3.05) is 6.61 Å². The first-order valence-electron chi connectivity index (χ1n) is 6.17. The highest BCUT2D eigenvalue weighted by Gasteiger charge is 2.22. The highest BCUT2D eigenvalue weighted by Crippen LogP contribution is 2.24. The van der Waals surface area contributed by atoms with Crippen molar-refractivity contribution in [3.05, 3.63) is 29.3 Å². The SMILES string of the molecule is CCOC(=O)N(Oc1c(C)cccc1C)C(C)C. The van der Waals surface area contributed by atoms with Crippen LogP contribution in [0.5, 0.6) is 5.75 Å². The molecule has 0 saturated heterocycles. The van der Waals surface area contributed by atoms with Crippen LogP contribution in [-0.4, -0.2) is 23.8 Å². The molecule has 0 aliphatic carbocycles. The third kappa shape index (κ3) is 3.39. The van der Waals surface area contributed by atoms with Crippen LogP contribution in [0.3, 0.4) is 0 Å². The van der Waals surface area contributed by atoms with E-state index in [0.717, 1.165) is 11.1 Å². The van der Waals surface area contributed by atoms with Crippen molar-refractivity contribution in [1.29, 1.82) is 0 Å². The van der Waals surface area contributed by atoms with Crippen molar-refractivity contribution in [3.8, 4) is 5.75 Å². The Morgan fingerprint density at radius 1 is 1.28 bits per heavy atom. The van der Waals surface area contributed by atoms with Crippen LogP contribution in [0.4, 0.5) is 4.79 Å². The second kappa shape index (κ2) is 6.28. The van der Waals surface area contributed by atoms with Crippen molar-refractivity contribution in [1.82, 2.24) is 5.06 Å². The molecule has 0 radical (unpaired) electrons. The number of amides is 1. The zero-order valence-electron chi connectivity index (χ0n) is 11.7. The van der Waals surface area contributed by atoms with E-state index in [1.54, 1.807) is 6.92 Å². The fraction of sp³-hybridized carbons (Fsp3) is 0.500. The van der Waals surface area contributed by atoms with Crippen LogP contribution in [0.25, 0.3) is 0 Å². The van der Waals surface area contributed by atoms with Crippen molar-refractivity contribution in [2.45, 2.75) is 40.7 Å². The van der Waals surface area contributed by atoms with Gasteiger partial charge in [0.05, 0.1) is 12.6 Å². The third-order valence-corrected chi connectivity index (χ3v) is 2.52. The first kappa shape index (κ1) is 14.4. The standard InChI is InChI=1S/C14H21NO3/c1-6-17-14(16)15(10(2)3)18-13-11(4)8-7-9-12(13)5/h7-10H,6H2,1-5H3. The summed E-state index contributed by atoms with van der Waals surface area (Å²) in [7, 11) is 0. The molecule has 0 aliphatic heterocycles. The van der Waals surface area contributed by atoms with E-state index < -0.39 is 6.09 Å². The van der Waals surface area contributed by atoms with E-state index in [9.17, 15) is 4.79 Å². The molecule has 4 nitrogen and oxygen atoms in total. The number of benzene rings is 1. The molecule has 0 aliphatic rings. The summed E-state index contributed by atoms with van der Waals surface area (Å²) >= 11 is 0. The predicted molar refractivity (Wildman–Crippen MR) is 70.5 cm³/mol. The topological polar surface area (TPSA) is 38.8 Å². The molecule has 0 saturated carbocycles. The molecule has 0 unspecified atom stereocenters. The summed E-state index contributed by atoms with van der Waals surface area (Å²) in [6.45, 7) is 9.76. The molecule has 1 amide bonds. The molecule has 0 fully saturated rings. The van der Waals surface area contributed by atoms with E-state index in [1.165, 1.54) is 5.06 Å². The minimum Gasteiger partial charge on any atom is -0.448 e. The van der Waals surface area contributed by atoms with Crippen molar-refractivity contribution in [2.24, 2.45) is 0 Å². The number of para-hydroxylation sites is 1. The average Bonchev–Trinajstić information content (AvgIpc) is 2.28. The van der Waals surface area contributed by atoms with E-state index in [-0.39, 0.29) is 6.04 Å².